The van der Waals surface area contributed by atoms with Gasteiger partial charge >= 0.3 is 0 Å². The van der Waals surface area contributed by atoms with E-state index in [-0.39, 0.29) is 29.8 Å². The molecule has 1 aliphatic heterocycles. The van der Waals surface area contributed by atoms with Crippen LogP contribution in [0.5, 0.6) is 0 Å². The molecule has 0 saturated carbocycles. The monoisotopic (exact) mass is 317 g/mol. The number of ether oxygens (including phenoxy) is 2. The number of fused-ring (bicyclic) bond motifs is 2. The summed E-state index contributed by atoms with van der Waals surface area (Å²) in [6, 6.07) is 0.0348. The lowest BCUT2D eigenvalue weighted by Gasteiger charge is -2.21. The SMILES string of the molecule is CC1(C)OC2C(NCc3c[nH]c4nc(N)[nH]c(=O)c34)C=C[C@@H]2O1. The molecule has 3 heterocycles. The molecule has 8 heteroatoms. The fraction of sp³-hybridized carbons (Fsp3) is 0.467. The van der Waals surface area contributed by atoms with Gasteiger partial charge in [0.1, 0.15) is 17.9 Å². The molecule has 0 amide bonds. The van der Waals surface area contributed by atoms with Gasteiger partial charge in [-0.3, -0.25) is 9.78 Å². The topological polar surface area (TPSA) is 118 Å². The lowest BCUT2D eigenvalue weighted by Crippen LogP contribution is -2.39. The summed E-state index contributed by atoms with van der Waals surface area (Å²) in [6.07, 6.45) is 5.74. The Kier molecular flexibility index (Phi) is 3.09. The fourth-order valence-electron chi connectivity index (χ4n) is 3.25. The summed E-state index contributed by atoms with van der Waals surface area (Å²) >= 11 is 0. The second kappa shape index (κ2) is 4.92. The highest BCUT2D eigenvalue weighted by Gasteiger charge is 2.46. The third-order valence-electron chi connectivity index (χ3n) is 4.20. The van der Waals surface area contributed by atoms with Crippen molar-refractivity contribution in [3.05, 3.63) is 34.3 Å². The Morgan fingerprint density at radius 1 is 1.39 bits per heavy atom. The summed E-state index contributed by atoms with van der Waals surface area (Å²) in [6.45, 7) is 4.33. The quantitative estimate of drug-likeness (QED) is 0.608. The predicted molar refractivity (Wildman–Crippen MR) is 84.7 cm³/mol. The Balaban J connectivity index is 1.52. The summed E-state index contributed by atoms with van der Waals surface area (Å²) < 4.78 is 11.7. The number of aromatic amines is 2. The van der Waals surface area contributed by atoms with Crippen molar-refractivity contribution in [2.45, 2.75) is 44.4 Å². The Bertz CT molecular complexity index is 837. The average Bonchev–Trinajstić information content (AvgIpc) is 3.09. The van der Waals surface area contributed by atoms with Crippen LogP contribution in [0.1, 0.15) is 19.4 Å². The molecule has 1 aliphatic carbocycles. The van der Waals surface area contributed by atoms with E-state index in [0.29, 0.717) is 17.6 Å². The molecule has 2 aromatic heterocycles. The minimum absolute atomic E-state index is 0.0321. The number of anilines is 1. The van der Waals surface area contributed by atoms with E-state index in [2.05, 4.69) is 20.3 Å². The molecular formula is C15H19N5O3. The zero-order valence-electron chi connectivity index (χ0n) is 12.9. The van der Waals surface area contributed by atoms with Gasteiger partial charge in [0.2, 0.25) is 5.95 Å². The highest BCUT2D eigenvalue weighted by Crippen LogP contribution is 2.34. The summed E-state index contributed by atoms with van der Waals surface area (Å²) in [5.74, 6) is -0.469. The van der Waals surface area contributed by atoms with Crippen molar-refractivity contribution < 1.29 is 9.47 Å². The van der Waals surface area contributed by atoms with Gasteiger partial charge < -0.3 is 25.5 Å². The first-order chi connectivity index (χ1) is 10.9. The normalized spacial score (nSPS) is 28.5. The van der Waals surface area contributed by atoms with E-state index in [1.807, 2.05) is 26.0 Å². The molecule has 1 saturated heterocycles. The third kappa shape index (κ3) is 2.44. The molecule has 2 unspecified atom stereocenters. The van der Waals surface area contributed by atoms with Gasteiger partial charge in [0.25, 0.3) is 5.56 Å². The van der Waals surface area contributed by atoms with Crippen LogP contribution in [-0.4, -0.2) is 39.0 Å². The van der Waals surface area contributed by atoms with Crippen LogP contribution in [0.3, 0.4) is 0 Å². The second-order valence-electron chi connectivity index (χ2n) is 6.35. The average molecular weight is 317 g/mol. The van der Waals surface area contributed by atoms with Crippen molar-refractivity contribution in [1.82, 2.24) is 20.3 Å². The zero-order valence-corrected chi connectivity index (χ0v) is 12.9. The third-order valence-corrected chi connectivity index (χ3v) is 4.20. The molecule has 0 bridgehead atoms. The van der Waals surface area contributed by atoms with Gasteiger partial charge in [0, 0.05) is 12.7 Å². The Morgan fingerprint density at radius 3 is 3.04 bits per heavy atom. The van der Waals surface area contributed by atoms with Crippen LogP contribution in [-0.2, 0) is 16.0 Å². The van der Waals surface area contributed by atoms with Crippen molar-refractivity contribution in [3.63, 3.8) is 0 Å². The molecule has 2 aliphatic rings. The molecular weight excluding hydrogens is 298 g/mol. The molecule has 1 fully saturated rings. The van der Waals surface area contributed by atoms with Crippen LogP contribution in [0.4, 0.5) is 5.95 Å². The molecule has 3 atom stereocenters. The molecule has 4 rings (SSSR count). The molecule has 0 radical (unpaired) electrons. The number of nitrogens with two attached hydrogens (primary N) is 1. The van der Waals surface area contributed by atoms with Crippen molar-refractivity contribution in [2.24, 2.45) is 0 Å². The second-order valence-corrected chi connectivity index (χ2v) is 6.35. The molecule has 2 aromatic rings. The van der Waals surface area contributed by atoms with Crippen LogP contribution in [0.15, 0.2) is 23.1 Å². The Hall–Kier alpha value is -2.16. The smallest absolute Gasteiger partial charge is 0.262 e. The van der Waals surface area contributed by atoms with E-state index >= 15 is 0 Å². The van der Waals surface area contributed by atoms with E-state index in [1.54, 1.807) is 6.20 Å². The van der Waals surface area contributed by atoms with Gasteiger partial charge in [-0.1, -0.05) is 12.2 Å². The number of nitrogen functional groups attached to an aromatic ring is 1. The van der Waals surface area contributed by atoms with Gasteiger partial charge in [-0.15, -0.1) is 0 Å². The van der Waals surface area contributed by atoms with E-state index in [9.17, 15) is 4.79 Å². The van der Waals surface area contributed by atoms with Gasteiger partial charge in [0.05, 0.1) is 11.4 Å². The molecule has 122 valence electrons. The van der Waals surface area contributed by atoms with E-state index in [1.165, 1.54) is 0 Å². The first-order valence-electron chi connectivity index (χ1n) is 7.56. The standard InChI is InChI=1S/C15H19N5O3/c1-15(2)22-9-4-3-8(11(9)23-15)17-5-7-6-18-12-10(7)13(21)20-14(16)19-12/h3-4,6,8-9,11,17H,5H2,1-2H3,(H4,16,18,19,20,21)/t8?,9-,11?/m0/s1. The van der Waals surface area contributed by atoms with Crippen LogP contribution in [0, 0.1) is 0 Å². The van der Waals surface area contributed by atoms with Crippen molar-refractivity contribution in [2.75, 3.05) is 5.73 Å². The minimum atomic E-state index is -0.570. The zero-order chi connectivity index (χ0) is 16.2. The highest BCUT2D eigenvalue weighted by atomic mass is 16.8. The van der Waals surface area contributed by atoms with Crippen LogP contribution in [0.2, 0.25) is 0 Å². The summed E-state index contributed by atoms with van der Waals surface area (Å²) in [5, 5.41) is 3.93. The van der Waals surface area contributed by atoms with Crippen molar-refractivity contribution in [3.8, 4) is 0 Å². The lowest BCUT2D eigenvalue weighted by molar-refractivity contribution is -0.145. The van der Waals surface area contributed by atoms with E-state index in [0.717, 1.165) is 5.56 Å². The number of rotatable bonds is 3. The van der Waals surface area contributed by atoms with Crippen molar-refractivity contribution in [1.29, 1.82) is 0 Å². The number of hydrogen-bond donors (Lipinski definition) is 4. The van der Waals surface area contributed by atoms with E-state index < -0.39 is 5.79 Å². The number of aromatic nitrogens is 3. The van der Waals surface area contributed by atoms with Crippen LogP contribution >= 0.6 is 0 Å². The van der Waals surface area contributed by atoms with E-state index in [4.69, 9.17) is 15.2 Å². The first-order valence-corrected chi connectivity index (χ1v) is 7.56. The van der Waals surface area contributed by atoms with Crippen LogP contribution < -0.4 is 16.6 Å². The summed E-state index contributed by atoms with van der Waals surface area (Å²) in [4.78, 5) is 21.7. The fourth-order valence-corrected chi connectivity index (χ4v) is 3.25. The predicted octanol–water partition coefficient (Wildman–Crippen LogP) is 0.382. The number of H-pyrrole nitrogens is 2. The molecule has 23 heavy (non-hydrogen) atoms. The Morgan fingerprint density at radius 2 is 2.22 bits per heavy atom. The largest absolute Gasteiger partial charge is 0.369 e. The first kappa shape index (κ1) is 14.4. The lowest BCUT2D eigenvalue weighted by atomic mass is 10.1. The number of nitrogens with zero attached hydrogens (tertiary/aromatic N) is 1. The maximum atomic E-state index is 12.1. The van der Waals surface area contributed by atoms with Crippen LogP contribution in [0.25, 0.3) is 11.0 Å². The number of hydrogen-bond acceptors (Lipinski definition) is 6. The van der Waals surface area contributed by atoms with Gasteiger partial charge in [0.15, 0.2) is 5.79 Å². The Labute approximate surface area is 132 Å². The number of nitrogens with one attached hydrogen (secondary N) is 3. The van der Waals surface area contributed by atoms with Gasteiger partial charge in [-0.2, -0.15) is 4.98 Å². The molecule has 8 nitrogen and oxygen atoms in total. The van der Waals surface area contributed by atoms with Crippen molar-refractivity contribution >= 4 is 17.0 Å². The summed E-state index contributed by atoms with van der Waals surface area (Å²) in [7, 11) is 0. The molecule has 5 N–H and O–H groups in total. The van der Waals surface area contributed by atoms with Gasteiger partial charge in [-0.25, -0.2) is 0 Å². The summed E-state index contributed by atoms with van der Waals surface area (Å²) in [5.41, 5.74) is 6.63. The maximum Gasteiger partial charge on any atom is 0.262 e. The molecule has 0 spiro atoms. The molecule has 0 aromatic carbocycles. The maximum absolute atomic E-state index is 12.1. The minimum Gasteiger partial charge on any atom is -0.369 e. The highest BCUT2D eigenvalue weighted by molar-refractivity contribution is 5.79. The van der Waals surface area contributed by atoms with Gasteiger partial charge in [-0.05, 0) is 19.4 Å².